The molecule has 0 bridgehead atoms. The minimum atomic E-state index is -0.921. The zero-order valence-electron chi connectivity index (χ0n) is 17.6. The number of fused-ring (bicyclic) bond motifs is 5. The van der Waals surface area contributed by atoms with Crippen LogP contribution in [0.4, 0.5) is 0 Å². The van der Waals surface area contributed by atoms with Crippen molar-refractivity contribution < 1.29 is 25.2 Å². The predicted molar refractivity (Wildman–Crippen MR) is 105 cm³/mol. The number of rotatable bonds is 3. The minimum absolute atomic E-state index is 0.00459. The molecule has 4 rings (SSSR count). The lowest BCUT2D eigenvalue weighted by Crippen LogP contribution is -2.62. The Hall–Kier alpha value is -0.490. The number of Topliss-reactive ketones (excluding diaryl/α,β-unsaturated/α-hetero) is 1. The van der Waals surface area contributed by atoms with E-state index in [1.54, 1.807) is 0 Å². The molecule has 4 aliphatic carbocycles. The number of carbonyl (C=O) groups excluding carboxylic acids is 1. The number of aliphatic hydroxyl groups is 4. The summed E-state index contributed by atoms with van der Waals surface area (Å²) in [6.07, 6.45) is 4.10. The minimum Gasteiger partial charge on any atom is -0.394 e. The molecule has 0 aromatic carbocycles. The summed E-state index contributed by atoms with van der Waals surface area (Å²) in [5, 5.41) is 41.0. The van der Waals surface area contributed by atoms with Crippen LogP contribution in [0.5, 0.6) is 0 Å². The second-order valence-corrected chi connectivity index (χ2v) is 11.0. The van der Waals surface area contributed by atoms with Crippen LogP contribution in [0.15, 0.2) is 0 Å². The molecule has 28 heavy (non-hydrogen) atoms. The average Bonchev–Trinajstić information content (AvgIpc) is 3.03. The molecule has 0 radical (unpaired) electrons. The Morgan fingerprint density at radius 3 is 2.36 bits per heavy atom. The molecule has 0 saturated heterocycles. The molecule has 0 amide bonds. The van der Waals surface area contributed by atoms with Gasteiger partial charge in [0.2, 0.25) is 0 Å². The number of ketones is 1. The maximum atomic E-state index is 13.2. The topological polar surface area (TPSA) is 98.0 Å². The lowest BCUT2D eigenvalue weighted by atomic mass is 9.43. The van der Waals surface area contributed by atoms with Crippen molar-refractivity contribution >= 4 is 5.78 Å². The van der Waals surface area contributed by atoms with E-state index >= 15 is 0 Å². The first-order chi connectivity index (χ1) is 13.1. The van der Waals surface area contributed by atoms with Crippen LogP contribution in [-0.2, 0) is 4.79 Å². The van der Waals surface area contributed by atoms with Gasteiger partial charge in [-0.2, -0.15) is 0 Å². The van der Waals surface area contributed by atoms with Crippen LogP contribution in [0.3, 0.4) is 0 Å². The number of aliphatic hydroxyl groups excluding tert-OH is 4. The van der Waals surface area contributed by atoms with Crippen molar-refractivity contribution in [1.82, 2.24) is 0 Å². The number of hydrogen-bond donors (Lipinski definition) is 4. The van der Waals surface area contributed by atoms with E-state index in [0.717, 1.165) is 38.5 Å². The van der Waals surface area contributed by atoms with Crippen molar-refractivity contribution in [2.75, 3.05) is 6.61 Å². The summed E-state index contributed by atoms with van der Waals surface area (Å²) in [7, 11) is 0. The molecule has 4 fully saturated rings. The second kappa shape index (κ2) is 7.04. The maximum Gasteiger partial charge on any atom is 0.165 e. The molecule has 0 aromatic rings. The molecule has 4 N–H and O–H groups in total. The van der Waals surface area contributed by atoms with Crippen molar-refractivity contribution in [1.29, 1.82) is 0 Å². The monoisotopic (exact) mass is 394 g/mol. The van der Waals surface area contributed by atoms with E-state index in [9.17, 15) is 25.2 Å². The third-order valence-corrected chi connectivity index (χ3v) is 10.0. The standard InChI is InChI=1S/C23H38O5/c1-12(18(26)11-24)14-4-5-15-19-16(7-9-22(14,15)2)23(3)8-6-13(25)10-17(23)20(27)21(19)28/h12-19,21,24-26,28H,4-11H2,1-3H3/t12-,13+,14+,15-,16-,17+,18+,19-,21-,22+,23+/m0/s1. The van der Waals surface area contributed by atoms with Crippen LogP contribution in [0.1, 0.15) is 65.7 Å². The molecule has 4 saturated carbocycles. The molecule has 5 heteroatoms. The lowest BCUT2D eigenvalue weighted by molar-refractivity contribution is -0.185. The molecular weight excluding hydrogens is 356 g/mol. The molecular formula is C23H38O5. The fourth-order valence-electron chi connectivity index (χ4n) is 8.33. The Kier molecular flexibility index (Phi) is 5.22. The Balaban J connectivity index is 1.66. The third-order valence-electron chi connectivity index (χ3n) is 10.0. The third kappa shape index (κ3) is 2.76. The van der Waals surface area contributed by atoms with Gasteiger partial charge in [-0.1, -0.05) is 20.8 Å². The Morgan fingerprint density at radius 2 is 1.68 bits per heavy atom. The smallest absolute Gasteiger partial charge is 0.165 e. The van der Waals surface area contributed by atoms with E-state index in [-0.39, 0.29) is 46.9 Å². The van der Waals surface area contributed by atoms with E-state index in [1.165, 1.54) is 0 Å². The molecule has 0 spiro atoms. The number of carbonyl (C=O) groups is 1. The molecule has 5 nitrogen and oxygen atoms in total. The molecule has 160 valence electrons. The van der Waals surface area contributed by atoms with Gasteiger partial charge in [0, 0.05) is 5.92 Å². The summed E-state index contributed by atoms with van der Waals surface area (Å²) in [4.78, 5) is 13.2. The first kappa shape index (κ1) is 20.8. The summed E-state index contributed by atoms with van der Waals surface area (Å²) < 4.78 is 0. The Labute approximate surface area is 168 Å². The normalized spacial score (nSPS) is 53.1. The summed E-state index contributed by atoms with van der Waals surface area (Å²) in [5.41, 5.74) is -0.120. The summed E-state index contributed by atoms with van der Waals surface area (Å²) in [6.45, 7) is 6.35. The van der Waals surface area contributed by atoms with Crippen molar-refractivity contribution in [3.63, 3.8) is 0 Å². The summed E-state index contributed by atoms with van der Waals surface area (Å²) in [5.74, 6) is 0.664. The average molecular weight is 395 g/mol. The van der Waals surface area contributed by atoms with Crippen molar-refractivity contribution in [3.8, 4) is 0 Å². The largest absolute Gasteiger partial charge is 0.394 e. The quantitative estimate of drug-likeness (QED) is 0.588. The first-order valence-electron chi connectivity index (χ1n) is 11.3. The van der Waals surface area contributed by atoms with Crippen molar-refractivity contribution in [3.05, 3.63) is 0 Å². The van der Waals surface area contributed by atoms with E-state index < -0.39 is 18.3 Å². The van der Waals surface area contributed by atoms with Gasteiger partial charge in [0.15, 0.2) is 5.78 Å². The van der Waals surface area contributed by atoms with Crippen LogP contribution in [-0.4, -0.2) is 51.1 Å². The zero-order valence-corrected chi connectivity index (χ0v) is 17.6. The fraction of sp³-hybridized carbons (Fsp3) is 0.957. The van der Waals surface area contributed by atoms with Gasteiger partial charge < -0.3 is 20.4 Å². The molecule has 11 atom stereocenters. The van der Waals surface area contributed by atoms with Crippen molar-refractivity contribution in [2.24, 2.45) is 46.3 Å². The van der Waals surface area contributed by atoms with Crippen molar-refractivity contribution in [2.45, 2.75) is 84.0 Å². The second-order valence-electron chi connectivity index (χ2n) is 11.0. The predicted octanol–water partition coefficient (Wildman–Crippen LogP) is 2.15. The highest BCUT2D eigenvalue weighted by Gasteiger charge is 2.65. The molecule has 0 unspecified atom stereocenters. The van der Waals surface area contributed by atoms with Gasteiger partial charge in [0.1, 0.15) is 6.10 Å². The first-order valence-corrected chi connectivity index (χ1v) is 11.3. The maximum absolute atomic E-state index is 13.2. The number of hydrogen-bond acceptors (Lipinski definition) is 5. The highest BCUT2D eigenvalue weighted by Crippen LogP contribution is 2.67. The molecule has 0 heterocycles. The highest BCUT2D eigenvalue weighted by molar-refractivity contribution is 5.87. The van der Waals surface area contributed by atoms with E-state index in [4.69, 9.17) is 0 Å². The summed E-state index contributed by atoms with van der Waals surface area (Å²) >= 11 is 0. The highest BCUT2D eigenvalue weighted by atomic mass is 16.3. The Bertz CT molecular complexity index is 622. The van der Waals surface area contributed by atoms with Gasteiger partial charge in [-0.05, 0) is 85.4 Å². The van der Waals surface area contributed by atoms with Gasteiger partial charge >= 0.3 is 0 Å². The summed E-state index contributed by atoms with van der Waals surface area (Å²) in [6, 6.07) is 0. The lowest BCUT2D eigenvalue weighted by Gasteiger charge is -2.61. The SMILES string of the molecule is C[C@H]([C@H](O)CO)[C@H]1CC[C@H]2[C@@H]3[C@H](O)C(=O)[C@H]4C[C@H](O)CC[C@]4(C)[C@H]3CC[C@]12C. The Morgan fingerprint density at radius 1 is 1.04 bits per heavy atom. The molecule has 4 aliphatic rings. The fourth-order valence-corrected chi connectivity index (χ4v) is 8.33. The molecule has 0 aliphatic heterocycles. The van der Waals surface area contributed by atoms with E-state index in [1.807, 2.05) is 6.92 Å². The molecule has 0 aromatic heterocycles. The van der Waals surface area contributed by atoms with Gasteiger partial charge in [-0.3, -0.25) is 4.79 Å². The van der Waals surface area contributed by atoms with Gasteiger partial charge in [0.25, 0.3) is 0 Å². The van der Waals surface area contributed by atoms with Gasteiger partial charge in [-0.15, -0.1) is 0 Å². The van der Waals surface area contributed by atoms with Crippen LogP contribution in [0, 0.1) is 46.3 Å². The van der Waals surface area contributed by atoms with Gasteiger partial charge in [-0.25, -0.2) is 0 Å². The van der Waals surface area contributed by atoms with Crippen LogP contribution < -0.4 is 0 Å². The van der Waals surface area contributed by atoms with E-state index in [2.05, 4.69) is 13.8 Å². The zero-order chi connectivity index (χ0) is 20.4. The van der Waals surface area contributed by atoms with Gasteiger partial charge in [0.05, 0.1) is 18.8 Å². The van der Waals surface area contributed by atoms with Crippen LogP contribution >= 0.6 is 0 Å². The van der Waals surface area contributed by atoms with E-state index in [0.29, 0.717) is 18.3 Å². The van der Waals surface area contributed by atoms with Crippen LogP contribution in [0.2, 0.25) is 0 Å². The van der Waals surface area contributed by atoms with Crippen LogP contribution in [0.25, 0.3) is 0 Å².